The van der Waals surface area contributed by atoms with E-state index in [0.29, 0.717) is 6.42 Å². The van der Waals surface area contributed by atoms with Crippen LogP contribution in [0.4, 0.5) is 4.79 Å². The summed E-state index contributed by atoms with van der Waals surface area (Å²) < 4.78 is 16.4. The number of esters is 2. The summed E-state index contributed by atoms with van der Waals surface area (Å²) in [6.45, 7) is 3.92. The standard InChI is InChI=1S/C30H33NO6/c1-22(2)18-26(31-30(34)37-21-25-16-10-5-11-17-25)27(28(32)35-19-23-12-6-3-7-13-23)29(33)36-20-24-14-8-4-9-15-24/h3-17,22,26-27H,18-21H2,1-2H3,(H,31,34). The Bertz CT molecular complexity index is 1060. The van der Waals surface area contributed by atoms with E-state index in [0.717, 1.165) is 16.7 Å². The van der Waals surface area contributed by atoms with Gasteiger partial charge in [-0.1, -0.05) is 105 Å². The minimum absolute atomic E-state index is 0.00497. The molecule has 0 bridgehead atoms. The highest BCUT2D eigenvalue weighted by atomic mass is 16.6. The van der Waals surface area contributed by atoms with Crippen molar-refractivity contribution in [3.05, 3.63) is 108 Å². The van der Waals surface area contributed by atoms with E-state index in [1.165, 1.54) is 0 Å². The Morgan fingerprint density at radius 2 is 1.00 bits per heavy atom. The summed E-state index contributed by atoms with van der Waals surface area (Å²) >= 11 is 0. The summed E-state index contributed by atoms with van der Waals surface area (Å²) in [6, 6.07) is 26.7. The van der Waals surface area contributed by atoms with Crippen LogP contribution in [0.1, 0.15) is 37.0 Å². The van der Waals surface area contributed by atoms with Gasteiger partial charge in [0, 0.05) is 0 Å². The molecule has 0 heterocycles. The molecule has 1 atom stereocenters. The smallest absolute Gasteiger partial charge is 0.407 e. The van der Waals surface area contributed by atoms with Gasteiger partial charge in [0.05, 0.1) is 6.04 Å². The Morgan fingerprint density at radius 3 is 1.38 bits per heavy atom. The highest BCUT2D eigenvalue weighted by molar-refractivity contribution is 5.96. The molecule has 3 aromatic carbocycles. The van der Waals surface area contributed by atoms with Crippen molar-refractivity contribution in [2.24, 2.45) is 11.8 Å². The van der Waals surface area contributed by atoms with Crippen LogP contribution in [0, 0.1) is 11.8 Å². The minimum atomic E-state index is -1.36. The van der Waals surface area contributed by atoms with Gasteiger partial charge in [-0.25, -0.2) is 4.79 Å². The summed E-state index contributed by atoms with van der Waals surface area (Å²) in [4.78, 5) is 39.2. The van der Waals surface area contributed by atoms with Crippen molar-refractivity contribution in [1.29, 1.82) is 0 Å². The number of ether oxygens (including phenoxy) is 3. The van der Waals surface area contributed by atoms with Crippen molar-refractivity contribution in [3.8, 4) is 0 Å². The quantitative estimate of drug-likeness (QED) is 0.201. The van der Waals surface area contributed by atoms with Gasteiger partial charge >= 0.3 is 18.0 Å². The van der Waals surface area contributed by atoms with Gasteiger partial charge in [0.15, 0.2) is 5.92 Å². The molecule has 0 aliphatic heterocycles. The molecule has 3 rings (SSSR count). The molecule has 0 fully saturated rings. The number of hydrogen-bond acceptors (Lipinski definition) is 6. The highest BCUT2D eigenvalue weighted by Gasteiger charge is 2.39. The summed E-state index contributed by atoms with van der Waals surface area (Å²) in [6.07, 6.45) is -0.391. The van der Waals surface area contributed by atoms with Crippen molar-refractivity contribution in [2.75, 3.05) is 0 Å². The lowest BCUT2D eigenvalue weighted by Gasteiger charge is -2.26. The van der Waals surface area contributed by atoms with Crippen molar-refractivity contribution in [2.45, 2.75) is 46.1 Å². The van der Waals surface area contributed by atoms with E-state index >= 15 is 0 Å². The summed E-state index contributed by atoms with van der Waals surface area (Å²) in [5.41, 5.74) is 2.38. The normalized spacial score (nSPS) is 11.6. The Labute approximate surface area is 217 Å². The zero-order valence-electron chi connectivity index (χ0n) is 21.2. The second-order valence-corrected chi connectivity index (χ2v) is 9.11. The lowest BCUT2D eigenvalue weighted by molar-refractivity contribution is -0.165. The number of nitrogens with one attached hydrogen (secondary N) is 1. The van der Waals surface area contributed by atoms with Crippen molar-refractivity contribution < 1.29 is 28.6 Å². The second kappa shape index (κ2) is 14.4. The SMILES string of the molecule is CC(C)CC(NC(=O)OCc1ccccc1)C(C(=O)OCc1ccccc1)C(=O)OCc1ccccc1. The molecule has 3 aromatic rings. The molecule has 1 unspecified atom stereocenters. The predicted molar refractivity (Wildman–Crippen MR) is 139 cm³/mol. The number of benzene rings is 3. The zero-order chi connectivity index (χ0) is 26.5. The monoisotopic (exact) mass is 503 g/mol. The Morgan fingerprint density at radius 1 is 0.622 bits per heavy atom. The fourth-order valence-electron chi connectivity index (χ4n) is 3.76. The van der Waals surface area contributed by atoms with E-state index in [4.69, 9.17) is 14.2 Å². The molecule has 1 N–H and O–H groups in total. The largest absolute Gasteiger partial charge is 0.460 e. The van der Waals surface area contributed by atoms with Crippen LogP contribution in [0.5, 0.6) is 0 Å². The van der Waals surface area contributed by atoms with E-state index in [1.807, 2.05) is 105 Å². The van der Waals surface area contributed by atoms with Crippen molar-refractivity contribution in [1.82, 2.24) is 5.32 Å². The van der Waals surface area contributed by atoms with Crippen LogP contribution in [-0.4, -0.2) is 24.1 Å². The molecule has 7 heteroatoms. The minimum Gasteiger partial charge on any atom is -0.460 e. The van der Waals surface area contributed by atoms with E-state index in [2.05, 4.69) is 5.32 Å². The van der Waals surface area contributed by atoms with Gasteiger partial charge in [-0.15, -0.1) is 0 Å². The van der Waals surface area contributed by atoms with Gasteiger partial charge in [-0.05, 0) is 29.0 Å². The molecule has 1 amide bonds. The van der Waals surface area contributed by atoms with Crippen LogP contribution >= 0.6 is 0 Å². The molecular weight excluding hydrogens is 470 g/mol. The third-order valence-corrected chi connectivity index (χ3v) is 5.60. The molecule has 7 nitrogen and oxygen atoms in total. The van der Waals surface area contributed by atoms with Gasteiger partial charge in [0.2, 0.25) is 0 Å². The third kappa shape index (κ3) is 9.44. The Hall–Kier alpha value is -4.13. The first-order valence-electron chi connectivity index (χ1n) is 12.3. The van der Waals surface area contributed by atoms with Gasteiger partial charge < -0.3 is 19.5 Å². The number of carbonyl (C=O) groups excluding carboxylic acids is 3. The lowest BCUT2D eigenvalue weighted by Crippen LogP contribution is -2.48. The first kappa shape index (κ1) is 27.5. The predicted octanol–water partition coefficient (Wildman–Crippen LogP) is 5.43. The maximum atomic E-state index is 13.2. The van der Waals surface area contributed by atoms with E-state index in [-0.39, 0.29) is 25.7 Å². The van der Waals surface area contributed by atoms with Crippen LogP contribution in [0.3, 0.4) is 0 Å². The molecule has 0 saturated heterocycles. The van der Waals surface area contributed by atoms with Crippen LogP contribution in [0.15, 0.2) is 91.0 Å². The number of hydrogen-bond donors (Lipinski definition) is 1. The zero-order valence-corrected chi connectivity index (χ0v) is 21.2. The molecule has 194 valence electrons. The van der Waals surface area contributed by atoms with Crippen LogP contribution < -0.4 is 5.32 Å². The van der Waals surface area contributed by atoms with Crippen LogP contribution in [0.2, 0.25) is 0 Å². The van der Waals surface area contributed by atoms with E-state index in [1.54, 1.807) is 0 Å². The molecule has 0 aromatic heterocycles. The molecule has 0 saturated carbocycles. The van der Waals surface area contributed by atoms with Crippen LogP contribution in [0.25, 0.3) is 0 Å². The molecule has 0 radical (unpaired) electrons. The molecule has 37 heavy (non-hydrogen) atoms. The van der Waals surface area contributed by atoms with Gasteiger partial charge in [0.1, 0.15) is 19.8 Å². The maximum absolute atomic E-state index is 13.2. The fraction of sp³-hybridized carbons (Fsp3) is 0.300. The first-order chi connectivity index (χ1) is 17.9. The number of amides is 1. The van der Waals surface area contributed by atoms with Gasteiger partial charge in [-0.2, -0.15) is 0 Å². The number of carbonyl (C=O) groups is 3. The molecule has 0 aliphatic carbocycles. The molecule has 0 aliphatic rings. The fourth-order valence-corrected chi connectivity index (χ4v) is 3.76. The molecule has 0 spiro atoms. The van der Waals surface area contributed by atoms with E-state index in [9.17, 15) is 14.4 Å². The third-order valence-electron chi connectivity index (χ3n) is 5.60. The average Bonchev–Trinajstić information content (AvgIpc) is 2.91. The summed E-state index contributed by atoms with van der Waals surface area (Å²) in [5, 5.41) is 2.71. The van der Waals surface area contributed by atoms with Crippen molar-refractivity contribution in [3.63, 3.8) is 0 Å². The van der Waals surface area contributed by atoms with Crippen LogP contribution in [-0.2, 0) is 43.6 Å². The second-order valence-electron chi connectivity index (χ2n) is 9.11. The van der Waals surface area contributed by atoms with Gasteiger partial charge in [-0.3, -0.25) is 9.59 Å². The molecular formula is C30H33NO6. The summed E-state index contributed by atoms with van der Waals surface area (Å²) in [7, 11) is 0. The lowest BCUT2D eigenvalue weighted by atomic mass is 9.91. The number of alkyl carbamates (subject to hydrolysis) is 1. The summed E-state index contributed by atoms with van der Waals surface area (Å²) in [5.74, 6) is -2.84. The first-order valence-corrected chi connectivity index (χ1v) is 12.3. The van der Waals surface area contributed by atoms with E-state index < -0.39 is 30.0 Å². The highest BCUT2D eigenvalue weighted by Crippen LogP contribution is 2.20. The average molecular weight is 504 g/mol. The topological polar surface area (TPSA) is 90.9 Å². The van der Waals surface area contributed by atoms with Crippen molar-refractivity contribution >= 4 is 18.0 Å². The Kier molecular flexibility index (Phi) is 10.7. The Balaban J connectivity index is 1.74. The van der Waals surface area contributed by atoms with Gasteiger partial charge in [0.25, 0.3) is 0 Å². The number of rotatable bonds is 12. The maximum Gasteiger partial charge on any atom is 0.407 e.